The van der Waals surface area contributed by atoms with Crippen LogP contribution >= 0.6 is 0 Å². The van der Waals surface area contributed by atoms with E-state index in [1.807, 2.05) is 0 Å². The van der Waals surface area contributed by atoms with Gasteiger partial charge in [-0.1, -0.05) is 77.7 Å². The molecule has 0 spiro atoms. The molecule has 0 aromatic carbocycles. The van der Waals surface area contributed by atoms with E-state index in [0.29, 0.717) is 6.42 Å². The van der Waals surface area contributed by atoms with Crippen molar-refractivity contribution in [3.63, 3.8) is 0 Å². The first-order chi connectivity index (χ1) is 10.0. The summed E-state index contributed by atoms with van der Waals surface area (Å²) in [6.45, 7) is 5.57. The first-order valence-corrected chi connectivity index (χ1v) is 8.15. The third kappa shape index (κ3) is 12.2. The summed E-state index contributed by atoms with van der Waals surface area (Å²) in [7, 11) is 0. The van der Waals surface area contributed by atoms with Crippen molar-refractivity contribution in [2.45, 2.75) is 77.6 Å². The van der Waals surface area contributed by atoms with Crippen LogP contribution < -0.4 is 0 Å². The first kappa shape index (κ1) is 23.9. The second kappa shape index (κ2) is 15.6. The minimum atomic E-state index is -1.21. The fourth-order valence-corrected chi connectivity index (χ4v) is 2.43. The topological polar surface area (TPSA) is 74.6 Å². The van der Waals surface area contributed by atoms with Crippen LogP contribution in [0.4, 0.5) is 0 Å². The Balaban J connectivity index is 0. The van der Waals surface area contributed by atoms with E-state index < -0.39 is 17.9 Å². The zero-order chi connectivity index (χ0) is 16.1. The molecule has 2 N–H and O–H groups in total. The molecule has 124 valence electrons. The molecule has 0 rings (SSSR count). The van der Waals surface area contributed by atoms with Crippen molar-refractivity contribution in [2.75, 3.05) is 0 Å². The quantitative estimate of drug-likeness (QED) is 0.288. The van der Waals surface area contributed by atoms with E-state index in [1.54, 1.807) is 0 Å². The molecule has 0 bridgehead atoms. The van der Waals surface area contributed by atoms with Gasteiger partial charge in [-0.25, -0.2) is 4.79 Å². The molecule has 0 radical (unpaired) electrons. The number of carboxylic acids is 2. The number of rotatable bonds is 14. The van der Waals surface area contributed by atoms with Gasteiger partial charge in [-0.3, -0.25) is 4.79 Å². The van der Waals surface area contributed by atoms with E-state index in [9.17, 15) is 9.59 Å². The van der Waals surface area contributed by atoms with Gasteiger partial charge in [-0.15, -0.1) is 0 Å². The normalized spacial score (nSPS) is 11.5. The summed E-state index contributed by atoms with van der Waals surface area (Å²) >= 11 is 0. The Hall–Kier alpha value is -0.320. The maximum atomic E-state index is 11.0. The molecule has 5 heteroatoms. The van der Waals surface area contributed by atoms with Gasteiger partial charge in [0, 0.05) is 5.57 Å². The van der Waals surface area contributed by atoms with Crippen molar-refractivity contribution in [2.24, 2.45) is 5.92 Å². The monoisotopic (exact) mass is 322 g/mol. The molecule has 0 amide bonds. The molecule has 0 fully saturated rings. The Bertz CT molecular complexity index is 329. The molecule has 0 aromatic rings. The van der Waals surface area contributed by atoms with Gasteiger partial charge in [-0.05, 0) is 6.42 Å². The van der Waals surface area contributed by atoms with Crippen LogP contribution in [0.25, 0.3) is 0 Å². The standard InChI is InChI=1S/C17H30O4.Na.H/c1-3-4-5-6-7-8-9-10-11-12-13-15(17(20)21)14(2)16(18)19;;/h15H,2-13H2,1H3,(H,18,19)(H,20,21);;. The molecule has 0 aromatic heterocycles. The van der Waals surface area contributed by atoms with Gasteiger partial charge in [0.1, 0.15) is 0 Å². The zero-order valence-corrected chi connectivity index (χ0v) is 13.3. The Morgan fingerprint density at radius 2 is 1.27 bits per heavy atom. The van der Waals surface area contributed by atoms with E-state index >= 15 is 0 Å². The minimum absolute atomic E-state index is 0. The van der Waals surface area contributed by atoms with E-state index in [-0.39, 0.29) is 35.1 Å². The van der Waals surface area contributed by atoms with E-state index in [0.717, 1.165) is 19.3 Å². The Kier molecular flexibility index (Phi) is 16.9. The number of aliphatic carboxylic acids is 2. The Morgan fingerprint density at radius 3 is 1.64 bits per heavy atom. The van der Waals surface area contributed by atoms with Gasteiger partial charge in [0.05, 0.1) is 5.92 Å². The van der Waals surface area contributed by atoms with Crippen LogP contribution in [-0.2, 0) is 9.59 Å². The van der Waals surface area contributed by atoms with Crippen molar-refractivity contribution in [1.82, 2.24) is 0 Å². The number of carboxylic acid groups (broad SMARTS) is 2. The predicted octanol–water partition coefficient (Wildman–Crippen LogP) is 3.99. The van der Waals surface area contributed by atoms with E-state index in [4.69, 9.17) is 10.2 Å². The summed E-state index contributed by atoms with van der Waals surface area (Å²) in [5, 5.41) is 17.8. The van der Waals surface area contributed by atoms with Gasteiger partial charge in [0.2, 0.25) is 0 Å². The van der Waals surface area contributed by atoms with Gasteiger partial charge < -0.3 is 10.2 Å². The van der Waals surface area contributed by atoms with E-state index in [1.165, 1.54) is 44.9 Å². The van der Waals surface area contributed by atoms with Crippen LogP contribution in [0.3, 0.4) is 0 Å². The first-order valence-electron chi connectivity index (χ1n) is 8.15. The average molecular weight is 322 g/mol. The molecule has 0 aliphatic rings. The van der Waals surface area contributed by atoms with Crippen molar-refractivity contribution >= 4 is 41.5 Å². The summed E-state index contributed by atoms with van der Waals surface area (Å²) in [5.74, 6) is -3.25. The zero-order valence-electron chi connectivity index (χ0n) is 13.3. The summed E-state index contributed by atoms with van der Waals surface area (Å²) in [6.07, 6.45) is 12.1. The van der Waals surface area contributed by atoms with Crippen molar-refractivity contribution in [3.8, 4) is 0 Å². The third-order valence-corrected chi connectivity index (χ3v) is 3.84. The fraction of sp³-hybridized carbons (Fsp3) is 0.765. The molecule has 0 heterocycles. The number of hydrogen-bond acceptors (Lipinski definition) is 2. The molecular weight excluding hydrogens is 291 g/mol. The molecule has 0 saturated heterocycles. The van der Waals surface area contributed by atoms with Gasteiger partial charge in [0.15, 0.2) is 0 Å². The van der Waals surface area contributed by atoms with Crippen LogP contribution in [0.1, 0.15) is 77.6 Å². The third-order valence-electron chi connectivity index (χ3n) is 3.84. The Labute approximate surface area is 156 Å². The van der Waals surface area contributed by atoms with Gasteiger partial charge >= 0.3 is 41.5 Å². The predicted molar refractivity (Wildman–Crippen MR) is 91.5 cm³/mol. The van der Waals surface area contributed by atoms with E-state index in [2.05, 4.69) is 13.5 Å². The van der Waals surface area contributed by atoms with Crippen LogP contribution in [0.2, 0.25) is 0 Å². The van der Waals surface area contributed by atoms with Crippen molar-refractivity contribution < 1.29 is 19.8 Å². The maximum absolute atomic E-state index is 11.0. The van der Waals surface area contributed by atoms with Crippen LogP contribution in [-0.4, -0.2) is 51.7 Å². The van der Waals surface area contributed by atoms with Crippen molar-refractivity contribution in [3.05, 3.63) is 12.2 Å². The fourth-order valence-electron chi connectivity index (χ4n) is 2.43. The number of hydrogen-bond donors (Lipinski definition) is 2. The summed E-state index contributed by atoms with van der Waals surface area (Å²) in [4.78, 5) is 21.8. The SMILES string of the molecule is C=C(C(=O)O)C(CCCCCCCCCCCC)C(=O)O.[NaH]. The molecular formula is C17H31NaO4. The molecule has 1 atom stereocenters. The molecule has 22 heavy (non-hydrogen) atoms. The summed E-state index contributed by atoms with van der Waals surface area (Å²) in [5.41, 5.74) is -0.210. The summed E-state index contributed by atoms with van der Waals surface area (Å²) < 4.78 is 0. The second-order valence-corrected chi connectivity index (χ2v) is 5.69. The average Bonchev–Trinajstić information content (AvgIpc) is 2.43. The summed E-state index contributed by atoms with van der Waals surface area (Å²) in [6, 6.07) is 0. The van der Waals surface area contributed by atoms with Gasteiger partial charge in [-0.2, -0.15) is 0 Å². The van der Waals surface area contributed by atoms with Crippen LogP contribution in [0.15, 0.2) is 12.2 Å². The molecule has 1 unspecified atom stereocenters. The second-order valence-electron chi connectivity index (χ2n) is 5.69. The molecule has 0 saturated carbocycles. The molecule has 0 aliphatic carbocycles. The van der Waals surface area contributed by atoms with Gasteiger partial charge in [0.25, 0.3) is 0 Å². The van der Waals surface area contributed by atoms with Crippen LogP contribution in [0.5, 0.6) is 0 Å². The number of carbonyl (C=O) groups is 2. The van der Waals surface area contributed by atoms with Crippen molar-refractivity contribution in [1.29, 1.82) is 0 Å². The molecule has 0 aliphatic heterocycles. The number of unbranched alkanes of at least 4 members (excludes halogenated alkanes) is 9. The Morgan fingerprint density at radius 1 is 0.864 bits per heavy atom. The molecule has 4 nitrogen and oxygen atoms in total. The van der Waals surface area contributed by atoms with Crippen LogP contribution in [0, 0.1) is 5.92 Å².